The van der Waals surface area contributed by atoms with Crippen LogP contribution in [0.25, 0.3) is 0 Å². The van der Waals surface area contributed by atoms with Crippen LogP contribution in [-0.2, 0) is 0 Å². The number of anilines is 2. The molecule has 4 nitrogen and oxygen atoms in total. The molecular formula is C13H20N2O2. The van der Waals surface area contributed by atoms with Crippen molar-refractivity contribution in [1.29, 1.82) is 0 Å². The SMILES string of the molecule is CC(C)C(C)CNc1c(N)cccc1C(=O)O. The molecular weight excluding hydrogens is 216 g/mol. The van der Waals surface area contributed by atoms with Crippen LogP contribution in [0.3, 0.4) is 0 Å². The Morgan fingerprint density at radius 2 is 2.06 bits per heavy atom. The molecule has 0 aliphatic heterocycles. The van der Waals surface area contributed by atoms with Crippen LogP contribution in [0.2, 0.25) is 0 Å². The predicted octanol–water partition coefficient (Wildman–Crippen LogP) is 2.67. The van der Waals surface area contributed by atoms with Crippen LogP contribution in [0.5, 0.6) is 0 Å². The average molecular weight is 236 g/mol. The van der Waals surface area contributed by atoms with Gasteiger partial charge in [-0.25, -0.2) is 4.79 Å². The Balaban J connectivity index is 2.86. The number of rotatable bonds is 5. The number of nitrogens with one attached hydrogen (secondary N) is 1. The fourth-order valence-electron chi connectivity index (χ4n) is 1.44. The summed E-state index contributed by atoms with van der Waals surface area (Å²) in [7, 11) is 0. The summed E-state index contributed by atoms with van der Waals surface area (Å²) < 4.78 is 0. The molecule has 0 radical (unpaired) electrons. The second-order valence-electron chi connectivity index (χ2n) is 4.68. The van der Waals surface area contributed by atoms with E-state index in [0.29, 0.717) is 29.8 Å². The fourth-order valence-corrected chi connectivity index (χ4v) is 1.44. The van der Waals surface area contributed by atoms with Crippen molar-refractivity contribution in [1.82, 2.24) is 0 Å². The molecule has 0 aliphatic rings. The van der Waals surface area contributed by atoms with Crippen molar-refractivity contribution >= 4 is 17.3 Å². The summed E-state index contributed by atoms with van der Waals surface area (Å²) in [5, 5.41) is 12.2. The number of aromatic carboxylic acids is 1. The monoisotopic (exact) mass is 236 g/mol. The lowest BCUT2D eigenvalue weighted by molar-refractivity contribution is 0.0698. The molecule has 94 valence electrons. The molecule has 1 rings (SSSR count). The zero-order chi connectivity index (χ0) is 13.0. The molecule has 1 aromatic rings. The highest BCUT2D eigenvalue weighted by Crippen LogP contribution is 2.24. The summed E-state index contributed by atoms with van der Waals surface area (Å²) in [6.45, 7) is 7.11. The van der Waals surface area contributed by atoms with Gasteiger partial charge < -0.3 is 16.2 Å². The van der Waals surface area contributed by atoms with Crippen LogP contribution in [0, 0.1) is 11.8 Å². The van der Waals surface area contributed by atoms with Gasteiger partial charge >= 0.3 is 5.97 Å². The minimum atomic E-state index is -0.961. The molecule has 0 heterocycles. The topological polar surface area (TPSA) is 75.3 Å². The maximum Gasteiger partial charge on any atom is 0.337 e. The highest BCUT2D eigenvalue weighted by Gasteiger charge is 2.14. The molecule has 4 N–H and O–H groups in total. The van der Waals surface area contributed by atoms with Crippen molar-refractivity contribution < 1.29 is 9.90 Å². The van der Waals surface area contributed by atoms with Crippen molar-refractivity contribution in [3.8, 4) is 0 Å². The lowest BCUT2D eigenvalue weighted by atomic mass is 9.98. The van der Waals surface area contributed by atoms with Crippen LogP contribution in [0.4, 0.5) is 11.4 Å². The van der Waals surface area contributed by atoms with E-state index in [-0.39, 0.29) is 5.56 Å². The molecule has 4 heteroatoms. The Morgan fingerprint density at radius 1 is 1.41 bits per heavy atom. The van der Waals surface area contributed by atoms with E-state index in [1.807, 2.05) is 0 Å². The third-order valence-electron chi connectivity index (χ3n) is 3.07. The van der Waals surface area contributed by atoms with Gasteiger partial charge in [0.25, 0.3) is 0 Å². The summed E-state index contributed by atoms with van der Waals surface area (Å²) in [6, 6.07) is 4.91. The molecule has 17 heavy (non-hydrogen) atoms. The number of carboxylic acid groups (broad SMARTS) is 1. The smallest absolute Gasteiger partial charge is 0.337 e. The summed E-state index contributed by atoms with van der Waals surface area (Å²) in [6.07, 6.45) is 0. The van der Waals surface area contributed by atoms with Crippen molar-refractivity contribution in [2.45, 2.75) is 20.8 Å². The minimum absolute atomic E-state index is 0.223. The van der Waals surface area contributed by atoms with Crippen molar-refractivity contribution in [2.24, 2.45) is 11.8 Å². The molecule has 0 aromatic heterocycles. The van der Waals surface area contributed by atoms with Crippen LogP contribution in [0.15, 0.2) is 18.2 Å². The quantitative estimate of drug-likeness (QED) is 0.687. The van der Waals surface area contributed by atoms with Gasteiger partial charge in [0.2, 0.25) is 0 Å². The highest BCUT2D eigenvalue weighted by molar-refractivity contribution is 5.97. The number of carboxylic acids is 1. The third kappa shape index (κ3) is 3.37. The predicted molar refractivity (Wildman–Crippen MR) is 70.3 cm³/mol. The first kappa shape index (κ1) is 13.4. The van der Waals surface area contributed by atoms with E-state index in [2.05, 4.69) is 26.1 Å². The largest absolute Gasteiger partial charge is 0.478 e. The number of nitrogen functional groups attached to an aromatic ring is 1. The number of para-hydroxylation sites is 1. The van der Waals surface area contributed by atoms with E-state index in [1.54, 1.807) is 18.2 Å². The molecule has 1 atom stereocenters. The zero-order valence-corrected chi connectivity index (χ0v) is 10.5. The Morgan fingerprint density at radius 3 is 2.59 bits per heavy atom. The van der Waals surface area contributed by atoms with E-state index in [9.17, 15) is 4.79 Å². The Hall–Kier alpha value is -1.71. The fraction of sp³-hybridized carbons (Fsp3) is 0.462. The molecule has 0 saturated carbocycles. The first-order valence-corrected chi connectivity index (χ1v) is 5.79. The molecule has 0 aliphatic carbocycles. The van der Waals surface area contributed by atoms with Crippen molar-refractivity contribution in [3.05, 3.63) is 23.8 Å². The van der Waals surface area contributed by atoms with Gasteiger partial charge in [-0.2, -0.15) is 0 Å². The van der Waals surface area contributed by atoms with Gasteiger partial charge in [-0.15, -0.1) is 0 Å². The van der Waals surface area contributed by atoms with Gasteiger partial charge in [0.15, 0.2) is 0 Å². The summed E-state index contributed by atoms with van der Waals surface area (Å²) in [5.41, 5.74) is 7.01. The number of benzene rings is 1. The van der Waals surface area contributed by atoms with E-state index in [4.69, 9.17) is 10.8 Å². The van der Waals surface area contributed by atoms with Gasteiger partial charge in [0, 0.05) is 6.54 Å². The van der Waals surface area contributed by atoms with Gasteiger partial charge in [-0.3, -0.25) is 0 Å². The second-order valence-corrected chi connectivity index (χ2v) is 4.68. The molecule has 1 aromatic carbocycles. The molecule has 0 amide bonds. The molecule has 0 saturated heterocycles. The molecule has 0 bridgehead atoms. The number of hydrogen-bond donors (Lipinski definition) is 3. The Labute approximate surface area is 102 Å². The first-order chi connectivity index (χ1) is 7.93. The van der Waals surface area contributed by atoms with E-state index < -0.39 is 5.97 Å². The van der Waals surface area contributed by atoms with Gasteiger partial charge in [-0.05, 0) is 24.0 Å². The average Bonchev–Trinajstić information content (AvgIpc) is 2.26. The van der Waals surface area contributed by atoms with Crippen LogP contribution < -0.4 is 11.1 Å². The second kappa shape index (κ2) is 5.57. The Kier molecular flexibility index (Phi) is 4.37. The van der Waals surface area contributed by atoms with Crippen LogP contribution in [-0.4, -0.2) is 17.6 Å². The van der Waals surface area contributed by atoms with Gasteiger partial charge in [0.05, 0.1) is 16.9 Å². The van der Waals surface area contributed by atoms with Gasteiger partial charge in [-0.1, -0.05) is 26.8 Å². The van der Waals surface area contributed by atoms with Crippen LogP contribution >= 0.6 is 0 Å². The van der Waals surface area contributed by atoms with E-state index >= 15 is 0 Å². The van der Waals surface area contributed by atoms with Gasteiger partial charge in [0.1, 0.15) is 0 Å². The number of carbonyl (C=O) groups is 1. The maximum absolute atomic E-state index is 11.1. The number of nitrogens with two attached hydrogens (primary N) is 1. The highest BCUT2D eigenvalue weighted by atomic mass is 16.4. The lowest BCUT2D eigenvalue weighted by Crippen LogP contribution is -2.18. The molecule has 0 fully saturated rings. The Bertz CT molecular complexity index is 402. The van der Waals surface area contributed by atoms with E-state index in [0.717, 1.165) is 0 Å². The maximum atomic E-state index is 11.1. The van der Waals surface area contributed by atoms with Crippen molar-refractivity contribution in [2.75, 3.05) is 17.6 Å². The summed E-state index contributed by atoms with van der Waals surface area (Å²) in [4.78, 5) is 11.1. The first-order valence-electron chi connectivity index (χ1n) is 5.79. The number of hydrogen-bond acceptors (Lipinski definition) is 3. The normalized spacial score (nSPS) is 12.5. The molecule has 0 spiro atoms. The third-order valence-corrected chi connectivity index (χ3v) is 3.07. The standard InChI is InChI=1S/C13H20N2O2/c1-8(2)9(3)7-15-12-10(13(16)17)5-4-6-11(12)14/h4-6,8-9,15H,7,14H2,1-3H3,(H,16,17). The van der Waals surface area contributed by atoms with Crippen molar-refractivity contribution in [3.63, 3.8) is 0 Å². The van der Waals surface area contributed by atoms with Crippen LogP contribution in [0.1, 0.15) is 31.1 Å². The summed E-state index contributed by atoms with van der Waals surface area (Å²) in [5.74, 6) is 0.0361. The zero-order valence-electron chi connectivity index (χ0n) is 10.5. The van der Waals surface area contributed by atoms with E-state index in [1.165, 1.54) is 0 Å². The summed E-state index contributed by atoms with van der Waals surface area (Å²) >= 11 is 0. The molecule has 1 unspecified atom stereocenters. The minimum Gasteiger partial charge on any atom is -0.478 e. The lowest BCUT2D eigenvalue weighted by Gasteiger charge is -2.19.